The maximum atomic E-state index is 13.4. The molecule has 2 aromatic rings. The number of hydrogen-bond donors (Lipinski definition) is 1. The Bertz CT molecular complexity index is 582. The molecule has 0 saturated heterocycles. The molecule has 20 heavy (non-hydrogen) atoms. The fraction of sp³-hybridized carbons (Fsp3) is 0.429. The molecule has 2 rings (SSSR count). The van der Waals surface area contributed by atoms with Crippen LogP contribution in [0.5, 0.6) is 0 Å². The van der Waals surface area contributed by atoms with Crippen molar-refractivity contribution in [1.29, 1.82) is 0 Å². The summed E-state index contributed by atoms with van der Waals surface area (Å²) in [6.45, 7) is 4.99. The van der Waals surface area contributed by atoms with Crippen LogP contribution in [0.3, 0.4) is 0 Å². The van der Waals surface area contributed by atoms with Crippen molar-refractivity contribution in [3.05, 3.63) is 46.8 Å². The Morgan fingerprint density at radius 1 is 1.40 bits per heavy atom. The van der Waals surface area contributed by atoms with Crippen LogP contribution >= 0.6 is 11.6 Å². The lowest BCUT2D eigenvalue weighted by atomic mass is 10.0. The van der Waals surface area contributed by atoms with Gasteiger partial charge in [-0.05, 0) is 17.5 Å². The molecule has 0 saturated carbocycles. The van der Waals surface area contributed by atoms with E-state index in [1.54, 1.807) is 12.1 Å². The van der Waals surface area contributed by atoms with Crippen molar-refractivity contribution in [2.24, 2.45) is 11.7 Å². The van der Waals surface area contributed by atoms with Gasteiger partial charge in [-0.3, -0.25) is 0 Å². The summed E-state index contributed by atoms with van der Waals surface area (Å²) in [4.78, 5) is 4.22. The van der Waals surface area contributed by atoms with Crippen molar-refractivity contribution in [2.75, 3.05) is 0 Å². The Hall–Kier alpha value is -1.46. The number of hydrogen-bond acceptors (Lipinski definition) is 3. The van der Waals surface area contributed by atoms with Gasteiger partial charge in [0.2, 0.25) is 0 Å². The third kappa shape index (κ3) is 3.35. The average molecular weight is 297 g/mol. The van der Waals surface area contributed by atoms with Crippen molar-refractivity contribution in [3.8, 4) is 0 Å². The molecule has 0 fully saturated rings. The van der Waals surface area contributed by atoms with Crippen LogP contribution in [0.15, 0.2) is 24.5 Å². The van der Waals surface area contributed by atoms with Crippen LogP contribution in [0.4, 0.5) is 4.39 Å². The molecule has 0 amide bonds. The minimum absolute atomic E-state index is 0.0786. The van der Waals surface area contributed by atoms with Crippen molar-refractivity contribution in [3.63, 3.8) is 0 Å². The van der Waals surface area contributed by atoms with Crippen molar-refractivity contribution >= 4 is 11.6 Å². The fourth-order valence-corrected chi connectivity index (χ4v) is 2.32. The minimum Gasteiger partial charge on any atom is -0.324 e. The first-order valence-electron chi connectivity index (χ1n) is 6.55. The lowest BCUT2D eigenvalue weighted by Crippen LogP contribution is -2.19. The summed E-state index contributed by atoms with van der Waals surface area (Å²) in [6, 6.07) is 4.25. The standard InChI is InChI=1S/C14H18ClFN4/c1-9(2)7-20-13(18-8-19-20)6-12(17)10-4-3-5-11(16)14(10)15/h3-5,8-9,12H,6-7,17H2,1-2H3. The molecule has 1 atom stereocenters. The van der Waals surface area contributed by atoms with Gasteiger partial charge in [-0.1, -0.05) is 37.6 Å². The molecule has 1 heterocycles. The molecule has 2 N–H and O–H groups in total. The maximum absolute atomic E-state index is 13.4. The van der Waals surface area contributed by atoms with E-state index in [1.807, 2.05) is 4.68 Å². The van der Waals surface area contributed by atoms with E-state index in [-0.39, 0.29) is 5.02 Å². The number of aromatic nitrogens is 3. The van der Waals surface area contributed by atoms with Crippen LogP contribution in [0.2, 0.25) is 5.02 Å². The second-order valence-electron chi connectivity index (χ2n) is 5.21. The molecule has 1 aromatic heterocycles. The molecular weight excluding hydrogens is 279 g/mol. The van der Waals surface area contributed by atoms with E-state index in [0.29, 0.717) is 17.9 Å². The Morgan fingerprint density at radius 2 is 2.15 bits per heavy atom. The van der Waals surface area contributed by atoms with Crippen molar-refractivity contribution < 1.29 is 4.39 Å². The third-order valence-corrected chi connectivity index (χ3v) is 3.42. The Balaban J connectivity index is 2.17. The first-order valence-corrected chi connectivity index (χ1v) is 6.93. The van der Waals surface area contributed by atoms with Crippen LogP contribution in [0.1, 0.15) is 31.3 Å². The fourth-order valence-electron chi connectivity index (χ4n) is 2.06. The van der Waals surface area contributed by atoms with E-state index in [0.717, 1.165) is 12.4 Å². The predicted molar refractivity (Wildman–Crippen MR) is 76.9 cm³/mol. The summed E-state index contributed by atoms with van der Waals surface area (Å²) in [5, 5.41) is 4.26. The number of halogens is 2. The topological polar surface area (TPSA) is 56.7 Å². The van der Waals surface area contributed by atoms with Gasteiger partial charge in [0, 0.05) is 19.0 Å². The lowest BCUT2D eigenvalue weighted by Gasteiger charge is -2.15. The maximum Gasteiger partial charge on any atom is 0.142 e. The van der Waals surface area contributed by atoms with Gasteiger partial charge in [0.05, 0.1) is 5.02 Å². The number of nitrogens with two attached hydrogens (primary N) is 1. The lowest BCUT2D eigenvalue weighted by molar-refractivity contribution is 0.459. The van der Waals surface area contributed by atoms with E-state index < -0.39 is 11.9 Å². The number of benzene rings is 1. The van der Waals surface area contributed by atoms with Gasteiger partial charge in [0.25, 0.3) is 0 Å². The van der Waals surface area contributed by atoms with Gasteiger partial charge in [0.1, 0.15) is 18.0 Å². The van der Waals surface area contributed by atoms with E-state index in [1.165, 1.54) is 12.4 Å². The molecule has 0 aliphatic carbocycles. The van der Waals surface area contributed by atoms with Gasteiger partial charge in [-0.2, -0.15) is 5.10 Å². The van der Waals surface area contributed by atoms with Gasteiger partial charge < -0.3 is 5.73 Å². The highest BCUT2D eigenvalue weighted by Gasteiger charge is 2.16. The van der Waals surface area contributed by atoms with Crippen LogP contribution in [-0.2, 0) is 13.0 Å². The highest BCUT2D eigenvalue weighted by Crippen LogP contribution is 2.26. The molecule has 6 heteroatoms. The molecule has 0 aliphatic heterocycles. The second-order valence-corrected chi connectivity index (χ2v) is 5.58. The zero-order valence-electron chi connectivity index (χ0n) is 11.6. The molecular formula is C14H18ClFN4. The summed E-state index contributed by atoms with van der Waals surface area (Å²) < 4.78 is 15.3. The Morgan fingerprint density at radius 3 is 2.85 bits per heavy atom. The highest BCUT2D eigenvalue weighted by atomic mass is 35.5. The first-order chi connectivity index (χ1) is 9.49. The molecule has 0 radical (unpaired) electrons. The van der Waals surface area contributed by atoms with Gasteiger partial charge >= 0.3 is 0 Å². The number of nitrogens with zero attached hydrogens (tertiary/aromatic N) is 3. The highest BCUT2D eigenvalue weighted by molar-refractivity contribution is 6.31. The van der Waals surface area contributed by atoms with Gasteiger partial charge in [-0.25, -0.2) is 14.1 Å². The predicted octanol–water partition coefficient (Wildman–Crippen LogP) is 2.97. The minimum atomic E-state index is -0.455. The molecule has 0 spiro atoms. The van der Waals surface area contributed by atoms with E-state index in [9.17, 15) is 4.39 Å². The normalized spacial score (nSPS) is 12.9. The van der Waals surface area contributed by atoms with Crippen molar-refractivity contribution in [2.45, 2.75) is 32.9 Å². The SMILES string of the molecule is CC(C)Cn1ncnc1CC(N)c1cccc(F)c1Cl. The monoisotopic (exact) mass is 296 g/mol. The van der Waals surface area contributed by atoms with Crippen LogP contribution < -0.4 is 5.73 Å². The number of rotatable bonds is 5. The zero-order chi connectivity index (χ0) is 14.7. The van der Waals surface area contributed by atoms with E-state index >= 15 is 0 Å². The second kappa shape index (κ2) is 6.33. The third-order valence-electron chi connectivity index (χ3n) is 3.02. The summed E-state index contributed by atoms with van der Waals surface area (Å²) in [5.41, 5.74) is 6.71. The van der Waals surface area contributed by atoms with Crippen LogP contribution in [0, 0.1) is 11.7 Å². The summed E-state index contributed by atoms with van der Waals surface area (Å²) in [7, 11) is 0. The average Bonchev–Trinajstić information content (AvgIpc) is 2.79. The molecule has 0 aliphatic rings. The smallest absolute Gasteiger partial charge is 0.142 e. The molecule has 1 unspecified atom stereocenters. The van der Waals surface area contributed by atoms with E-state index in [2.05, 4.69) is 23.9 Å². The van der Waals surface area contributed by atoms with E-state index in [4.69, 9.17) is 17.3 Å². The summed E-state index contributed by atoms with van der Waals surface area (Å²) in [5.74, 6) is 0.791. The quantitative estimate of drug-likeness (QED) is 0.923. The van der Waals surface area contributed by atoms with Crippen molar-refractivity contribution in [1.82, 2.24) is 14.8 Å². The van der Waals surface area contributed by atoms with Crippen LogP contribution in [0.25, 0.3) is 0 Å². The Labute approximate surface area is 122 Å². The van der Waals surface area contributed by atoms with Gasteiger partial charge in [0.15, 0.2) is 0 Å². The van der Waals surface area contributed by atoms with Gasteiger partial charge in [-0.15, -0.1) is 0 Å². The molecule has 108 valence electrons. The summed E-state index contributed by atoms with van der Waals surface area (Å²) in [6.07, 6.45) is 1.98. The first kappa shape index (κ1) is 14.9. The summed E-state index contributed by atoms with van der Waals surface area (Å²) >= 11 is 5.95. The Kier molecular flexibility index (Phi) is 4.73. The molecule has 1 aromatic carbocycles. The largest absolute Gasteiger partial charge is 0.324 e. The zero-order valence-corrected chi connectivity index (χ0v) is 12.3. The molecule has 0 bridgehead atoms. The van der Waals surface area contributed by atoms with Crippen LogP contribution in [-0.4, -0.2) is 14.8 Å². The molecule has 4 nitrogen and oxygen atoms in total.